The zero-order chi connectivity index (χ0) is 48.7. The van der Waals surface area contributed by atoms with Crippen molar-refractivity contribution in [2.75, 3.05) is 38.2 Å². The van der Waals surface area contributed by atoms with Crippen LogP contribution in [-0.4, -0.2) is 110 Å². The molecule has 0 bridgehead atoms. The van der Waals surface area contributed by atoms with Crippen LogP contribution in [-0.2, 0) is 44.1 Å². The monoisotopic (exact) mass is 984 g/mol. The van der Waals surface area contributed by atoms with Crippen LogP contribution in [0.2, 0.25) is 18.1 Å². The number of ether oxygens (including phenoxy) is 1. The predicted molar refractivity (Wildman–Crippen MR) is 261 cm³/mol. The Morgan fingerprint density at radius 1 is 0.897 bits per heavy atom. The average molecular weight is 985 g/mol. The fraction of sp³-hybridized carbons (Fsp3) is 0.383. The molecule has 3 heterocycles. The second-order valence-corrected chi connectivity index (χ2v) is 26.7. The molecule has 1 aliphatic rings. The molecule has 362 valence electrons. The standard InChI is InChI=1S/C47H60N10O8S2Si/c1-47(2,3)68(5,6)65-39(27-49-46(58)59)28-51-66(60,61)42-22-21-41(55-25-23-37(24-26-55)40-29-48-33-50-40)43(45-52-53-54-57(45)32-36-17-19-38(64-4)20-18-36)44(42)67(62,63)56(30-34-13-9-7-10-14-34)31-35-15-11-8-12-16-35/h7-22,29,33,37,39,49,51H,23-28,30-32H2,1-6H3,(H,48,50)(H,58,59). The van der Waals surface area contributed by atoms with Gasteiger partial charge in [0.05, 0.1) is 31.6 Å². The number of aromatic nitrogens is 6. The number of anilines is 1. The first-order chi connectivity index (χ1) is 32.4. The van der Waals surface area contributed by atoms with Crippen LogP contribution >= 0.6 is 0 Å². The molecular weight excluding hydrogens is 925 g/mol. The van der Waals surface area contributed by atoms with Crippen LogP contribution in [0.4, 0.5) is 10.5 Å². The second-order valence-electron chi connectivity index (χ2n) is 18.3. The van der Waals surface area contributed by atoms with E-state index >= 15 is 16.8 Å². The molecule has 7 rings (SSSR count). The molecule has 21 heteroatoms. The van der Waals surface area contributed by atoms with Crippen LogP contribution < -0.4 is 19.7 Å². The fourth-order valence-electron chi connectivity index (χ4n) is 7.98. The Morgan fingerprint density at radius 3 is 2.09 bits per heavy atom. The van der Waals surface area contributed by atoms with Gasteiger partial charge in [0.25, 0.3) is 0 Å². The Labute approximate surface area is 399 Å². The highest BCUT2D eigenvalue weighted by molar-refractivity contribution is 7.92. The number of nitrogens with one attached hydrogen (secondary N) is 3. The topological polar surface area (TPSA) is 227 Å². The number of aromatic amines is 1. The minimum absolute atomic E-state index is 0.0131. The third kappa shape index (κ3) is 11.8. The normalized spacial score (nSPS) is 14.5. The summed E-state index contributed by atoms with van der Waals surface area (Å²) in [6, 6.07) is 28.4. The number of amides is 1. The SMILES string of the molecule is COc1ccc(Cn2nnnc2-c2c(N3CCC(c4cnc[nH]4)CC3)ccc(S(=O)(=O)NCC(CNC(=O)O)O[Si](C)(C)C(C)(C)C)c2S(=O)(=O)N(Cc2ccccc2)Cc2ccccc2)cc1. The van der Waals surface area contributed by atoms with Gasteiger partial charge in [0.1, 0.15) is 15.5 Å². The molecule has 0 aliphatic carbocycles. The van der Waals surface area contributed by atoms with Crippen molar-refractivity contribution in [2.24, 2.45) is 0 Å². The van der Waals surface area contributed by atoms with E-state index in [1.165, 1.54) is 15.1 Å². The van der Waals surface area contributed by atoms with E-state index in [2.05, 4.69) is 40.4 Å². The predicted octanol–water partition coefficient (Wildman–Crippen LogP) is 6.83. The number of H-pyrrole nitrogens is 1. The van der Waals surface area contributed by atoms with Gasteiger partial charge in [0.15, 0.2) is 14.1 Å². The Balaban J connectivity index is 1.43. The molecule has 6 aromatic rings. The van der Waals surface area contributed by atoms with Crippen LogP contribution in [0.1, 0.15) is 61.9 Å². The number of imidazole rings is 1. The van der Waals surface area contributed by atoms with Crippen LogP contribution in [0.15, 0.2) is 119 Å². The molecule has 1 atom stereocenters. The third-order valence-corrected chi connectivity index (χ3v) is 20.7. The number of tetrazole rings is 1. The summed E-state index contributed by atoms with van der Waals surface area (Å²) in [4.78, 5) is 20.2. The van der Waals surface area contributed by atoms with Crippen molar-refractivity contribution < 1.29 is 35.9 Å². The molecule has 1 aliphatic heterocycles. The van der Waals surface area contributed by atoms with Gasteiger partial charge in [-0.05, 0) is 82.4 Å². The first kappa shape index (κ1) is 49.9. The molecular formula is C47H60N10O8S2Si. The molecule has 0 radical (unpaired) electrons. The van der Waals surface area contributed by atoms with Crippen LogP contribution in [0, 0.1) is 0 Å². The van der Waals surface area contributed by atoms with E-state index in [1.54, 1.807) is 31.6 Å². The minimum Gasteiger partial charge on any atom is -0.497 e. The summed E-state index contributed by atoms with van der Waals surface area (Å²) >= 11 is 0. The quantitative estimate of drug-likeness (QED) is 0.0576. The average Bonchev–Trinajstić information content (AvgIpc) is 4.03. The number of rotatable bonds is 20. The summed E-state index contributed by atoms with van der Waals surface area (Å²) in [5.74, 6) is 0.832. The molecule has 1 saturated heterocycles. The van der Waals surface area contributed by atoms with Crippen molar-refractivity contribution in [1.29, 1.82) is 0 Å². The van der Waals surface area contributed by atoms with E-state index < -0.39 is 50.4 Å². The van der Waals surface area contributed by atoms with Crippen molar-refractivity contribution in [3.8, 4) is 17.1 Å². The van der Waals surface area contributed by atoms with Crippen molar-refractivity contribution in [3.05, 3.63) is 132 Å². The number of hydrogen-bond acceptors (Lipinski definition) is 12. The number of piperidine rings is 1. The lowest BCUT2D eigenvalue weighted by Gasteiger charge is -2.39. The molecule has 1 fully saturated rings. The molecule has 4 N–H and O–H groups in total. The molecule has 18 nitrogen and oxygen atoms in total. The summed E-state index contributed by atoms with van der Waals surface area (Å²) in [6.45, 7) is 10.3. The summed E-state index contributed by atoms with van der Waals surface area (Å²) in [5.41, 5.74) is 3.56. The first-order valence-electron chi connectivity index (χ1n) is 22.4. The minimum atomic E-state index is -4.85. The van der Waals surface area contributed by atoms with E-state index in [4.69, 9.17) is 9.16 Å². The van der Waals surface area contributed by atoms with Crippen LogP contribution in [0.3, 0.4) is 0 Å². The maximum Gasteiger partial charge on any atom is 0.404 e. The van der Waals surface area contributed by atoms with Gasteiger partial charge < -0.3 is 29.5 Å². The van der Waals surface area contributed by atoms with Gasteiger partial charge in [0, 0.05) is 62.8 Å². The highest BCUT2D eigenvalue weighted by Gasteiger charge is 2.42. The summed E-state index contributed by atoms with van der Waals surface area (Å²) in [5, 5.41) is 24.5. The molecule has 1 unspecified atom stereocenters. The maximum absolute atomic E-state index is 16.1. The highest BCUT2D eigenvalue weighted by Crippen LogP contribution is 2.44. The van der Waals surface area contributed by atoms with Crippen molar-refractivity contribution in [1.82, 2.24) is 44.5 Å². The third-order valence-electron chi connectivity index (χ3n) is 12.7. The number of carboxylic acid groups (broad SMARTS) is 1. The van der Waals surface area contributed by atoms with Gasteiger partial charge in [0.2, 0.25) is 20.0 Å². The van der Waals surface area contributed by atoms with E-state index in [1.807, 2.05) is 113 Å². The molecule has 0 saturated carbocycles. The number of nitrogens with zero attached hydrogens (tertiary/aromatic N) is 7. The lowest BCUT2D eigenvalue weighted by molar-refractivity contribution is 0.163. The van der Waals surface area contributed by atoms with Crippen molar-refractivity contribution in [3.63, 3.8) is 0 Å². The number of carbonyl (C=O) groups is 1. The maximum atomic E-state index is 16.1. The zero-order valence-corrected chi connectivity index (χ0v) is 41.8. The summed E-state index contributed by atoms with van der Waals surface area (Å²) in [6.07, 6.45) is 2.59. The van der Waals surface area contributed by atoms with Crippen molar-refractivity contribution in [2.45, 2.75) is 93.2 Å². The molecule has 0 spiro atoms. The van der Waals surface area contributed by atoms with E-state index in [0.717, 1.165) is 11.3 Å². The number of benzene rings is 4. The summed E-state index contributed by atoms with van der Waals surface area (Å²) in [7, 11) is -10.7. The second kappa shape index (κ2) is 21.1. The summed E-state index contributed by atoms with van der Waals surface area (Å²) < 4.78 is 80.0. The number of sulfonamides is 2. The lowest BCUT2D eigenvalue weighted by atomic mass is 9.93. The molecule has 2 aromatic heterocycles. The smallest absolute Gasteiger partial charge is 0.404 e. The van der Waals surface area contributed by atoms with Gasteiger partial charge >= 0.3 is 6.09 Å². The van der Waals surface area contributed by atoms with Gasteiger partial charge in [-0.2, -0.15) is 4.31 Å². The van der Waals surface area contributed by atoms with Gasteiger partial charge in [-0.25, -0.2) is 36.0 Å². The van der Waals surface area contributed by atoms with Crippen LogP contribution in [0.25, 0.3) is 11.4 Å². The van der Waals surface area contributed by atoms with Crippen molar-refractivity contribution >= 4 is 40.1 Å². The Bertz CT molecular complexity index is 2800. The van der Waals surface area contributed by atoms with E-state index in [-0.39, 0.29) is 55.1 Å². The Hall–Kier alpha value is -5.97. The van der Waals surface area contributed by atoms with Gasteiger partial charge in [-0.1, -0.05) is 93.6 Å². The van der Waals surface area contributed by atoms with E-state index in [0.29, 0.717) is 48.5 Å². The fourth-order valence-corrected chi connectivity index (χ4v) is 12.8. The van der Waals surface area contributed by atoms with Gasteiger partial charge in [-0.3, -0.25) is 0 Å². The molecule has 1 amide bonds. The first-order valence-corrected chi connectivity index (χ1v) is 28.2. The number of methoxy groups -OCH3 is 1. The van der Waals surface area contributed by atoms with Gasteiger partial charge in [-0.15, -0.1) is 5.10 Å². The molecule has 4 aromatic carbocycles. The molecule has 68 heavy (non-hydrogen) atoms. The van der Waals surface area contributed by atoms with Crippen LogP contribution in [0.5, 0.6) is 5.75 Å². The zero-order valence-electron chi connectivity index (χ0n) is 39.2. The Morgan fingerprint density at radius 2 is 1.53 bits per heavy atom. The lowest BCUT2D eigenvalue weighted by Crippen LogP contribution is -2.50. The van der Waals surface area contributed by atoms with E-state index in [9.17, 15) is 9.90 Å². The largest absolute Gasteiger partial charge is 0.497 e. The Kier molecular flexibility index (Phi) is 15.5. The highest BCUT2D eigenvalue weighted by atomic mass is 32.2. The number of hydrogen-bond donors (Lipinski definition) is 4.